The molecule has 0 fully saturated rings. The number of aryl methyl sites for hydroxylation is 4. The Morgan fingerprint density at radius 1 is 0.488 bits per heavy atom. The third-order valence-electron chi connectivity index (χ3n) is 7.77. The van der Waals surface area contributed by atoms with Gasteiger partial charge in [-0.2, -0.15) is 0 Å². The van der Waals surface area contributed by atoms with Crippen molar-refractivity contribution in [1.29, 1.82) is 0 Å². The first-order valence-corrected chi connectivity index (χ1v) is 17.0. The standard InChI is InChI=1S/C38H60N2.Pd/c1-6-11-16-20-32-25-33(21-17-12-7-2)28-37(27-32)39-31-36(24-15-10-5)40-38-29-34(22-18-13-8-3)26-35(30-38)23-19-14-9-4;/h25-31H,6-24H2,1-5H3;/b39-31+,40-36+;. The molecule has 2 aromatic carbocycles. The smallest absolute Gasteiger partial charge is 0.0639 e. The van der Waals surface area contributed by atoms with Gasteiger partial charge >= 0.3 is 0 Å². The van der Waals surface area contributed by atoms with Crippen LogP contribution < -0.4 is 0 Å². The van der Waals surface area contributed by atoms with Crippen LogP contribution >= 0.6 is 0 Å². The summed E-state index contributed by atoms with van der Waals surface area (Å²) in [6.45, 7) is 11.4. The molecule has 2 rings (SSSR count). The zero-order valence-corrected chi connectivity index (χ0v) is 28.7. The molecule has 0 spiro atoms. The van der Waals surface area contributed by atoms with E-state index in [9.17, 15) is 0 Å². The molecule has 0 bridgehead atoms. The van der Waals surface area contributed by atoms with E-state index in [1.165, 1.54) is 106 Å². The number of aliphatic imine (C=N–C) groups is 2. The molecule has 41 heavy (non-hydrogen) atoms. The van der Waals surface area contributed by atoms with Crippen molar-refractivity contribution >= 4 is 23.3 Å². The predicted molar refractivity (Wildman–Crippen MR) is 181 cm³/mol. The molecular weight excluding hydrogens is 591 g/mol. The Labute approximate surface area is 268 Å². The monoisotopic (exact) mass is 650 g/mol. The Balaban J connectivity index is 0.00000840. The summed E-state index contributed by atoms with van der Waals surface area (Å²) in [6, 6.07) is 14.2. The van der Waals surface area contributed by atoms with Crippen molar-refractivity contribution in [2.75, 3.05) is 0 Å². The van der Waals surface area contributed by atoms with Crippen LogP contribution in [0.2, 0.25) is 0 Å². The summed E-state index contributed by atoms with van der Waals surface area (Å²) in [5.41, 5.74) is 9.10. The third kappa shape index (κ3) is 16.6. The Morgan fingerprint density at radius 2 is 0.854 bits per heavy atom. The summed E-state index contributed by atoms with van der Waals surface area (Å²) in [4.78, 5) is 10.3. The van der Waals surface area contributed by atoms with Crippen molar-refractivity contribution in [3.63, 3.8) is 0 Å². The second-order valence-corrected chi connectivity index (χ2v) is 11.8. The Bertz CT molecular complexity index is 951. The number of benzene rings is 2. The van der Waals surface area contributed by atoms with Gasteiger partial charge in [-0.3, -0.25) is 9.98 Å². The molecule has 3 heteroatoms. The Kier molecular flexibility index (Phi) is 21.9. The molecule has 0 saturated carbocycles. The molecule has 0 aliphatic heterocycles. The number of hydrogen-bond donors (Lipinski definition) is 0. The summed E-state index contributed by atoms with van der Waals surface area (Å²) < 4.78 is 0. The summed E-state index contributed by atoms with van der Waals surface area (Å²) >= 11 is 0. The van der Waals surface area contributed by atoms with Crippen molar-refractivity contribution < 1.29 is 20.4 Å². The van der Waals surface area contributed by atoms with Gasteiger partial charge in [-0.25, -0.2) is 0 Å². The minimum atomic E-state index is 0. The third-order valence-corrected chi connectivity index (χ3v) is 7.77. The minimum Gasteiger partial charge on any atom is -0.255 e. The second kappa shape index (κ2) is 23.9. The molecule has 0 aliphatic carbocycles. The topological polar surface area (TPSA) is 24.7 Å². The molecule has 0 amide bonds. The average Bonchev–Trinajstić information content (AvgIpc) is 2.95. The molecule has 0 unspecified atom stereocenters. The Hall–Kier alpha value is -1.56. The van der Waals surface area contributed by atoms with Gasteiger partial charge in [0.2, 0.25) is 0 Å². The van der Waals surface area contributed by atoms with Gasteiger partial charge in [0.25, 0.3) is 0 Å². The SMILES string of the molecule is CCCCCc1cc(CCCCC)cc(/N=C/C(CCCC)=N/c2cc(CCCCC)cc(CCCCC)c2)c1.[Pd]. The van der Waals surface area contributed by atoms with E-state index in [0.29, 0.717) is 0 Å². The average molecular weight is 651 g/mol. The van der Waals surface area contributed by atoms with Gasteiger partial charge in [-0.1, -0.05) is 105 Å². The molecule has 0 saturated heterocycles. The maximum atomic E-state index is 5.22. The zero-order chi connectivity index (χ0) is 28.8. The summed E-state index contributed by atoms with van der Waals surface area (Å²) in [7, 11) is 0. The van der Waals surface area contributed by atoms with Crippen LogP contribution in [-0.4, -0.2) is 11.9 Å². The normalized spacial score (nSPS) is 11.8. The van der Waals surface area contributed by atoms with Crippen molar-refractivity contribution in [2.24, 2.45) is 9.98 Å². The number of nitrogens with zero attached hydrogens (tertiary/aromatic N) is 2. The van der Waals surface area contributed by atoms with Crippen molar-refractivity contribution in [3.05, 3.63) is 58.7 Å². The summed E-state index contributed by atoms with van der Waals surface area (Å²) in [5.74, 6) is 0. The quantitative estimate of drug-likeness (QED) is 0.0688. The van der Waals surface area contributed by atoms with Gasteiger partial charge in [0.05, 0.1) is 17.1 Å². The molecule has 0 radical (unpaired) electrons. The maximum Gasteiger partial charge on any atom is 0.0639 e. The van der Waals surface area contributed by atoms with E-state index >= 15 is 0 Å². The van der Waals surface area contributed by atoms with Crippen LogP contribution in [0, 0.1) is 0 Å². The first-order valence-electron chi connectivity index (χ1n) is 17.0. The fourth-order valence-electron chi connectivity index (χ4n) is 5.34. The van der Waals surface area contributed by atoms with E-state index in [1.54, 1.807) is 0 Å². The molecular formula is C38H60N2Pd. The molecule has 0 aromatic heterocycles. The van der Waals surface area contributed by atoms with Crippen molar-refractivity contribution in [3.8, 4) is 0 Å². The van der Waals surface area contributed by atoms with Crippen LogP contribution in [0.1, 0.15) is 153 Å². The summed E-state index contributed by atoms with van der Waals surface area (Å²) in [6.07, 6.45) is 25.2. The van der Waals surface area contributed by atoms with Gasteiger partial charge in [0.1, 0.15) is 0 Å². The minimum absolute atomic E-state index is 0. The van der Waals surface area contributed by atoms with Crippen molar-refractivity contribution in [2.45, 2.75) is 157 Å². The van der Waals surface area contributed by atoms with E-state index in [0.717, 1.165) is 55.6 Å². The van der Waals surface area contributed by atoms with Crippen LogP contribution in [0.5, 0.6) is 0 Å². The van der Waals surface area contributed by atoms with E-state index in [4.69, 9.17) is 9.98 Å². The van der Waals surface area contributed by atoms with Crippen LogP contribution in [0.15, 0.2) is 46.4 Å². The van der Waals surface area contributed by atoms with Gasteiger partial charge in [0, 0.05) is 26.6 Å². The molecule has 0 heterocycles. The summed E-state index contributed by atoms with van der Waals surface area (Å²) in [5, 5.41) is 0. The molecule has 0 atom stereocenters. The number of unbranched alkanes of at least 4 members (excludes halogenated alkanes) is 9. The predicted octanol–water partition coefficient (Wildman–Crippen LogP) is 12.3. The number of hydrogen-bond acceptors (Lipinski definition) is 2. The molecule has 0 aliphatic rings. The largest absolute Gasteiger partial charge is 0.255 e. The van der Waals surface area contributed by atoms with E-state index < -0.39 is 0 Å². The first-order chi connectivity index (χ1) is 19.6. The second-order valence-electron chi connectivity index (χ2n) is 11.8. The van der Waals surface area contributed by atoms with Crippen LogP contribution in [0.25, 0.3) is 0 Å². The van der Waals surface area contributed by atoms with E-state index in [-0.39, 0.29) is 20.4 Å². The van der Waals surface area contributed by atoms with Crippen LogP contribution in [0.3, 0.4) is 0 Å². The maximum absolute atomic E-state index is 5.22. The fourth-order valence-corrected chi connectivity index (χ4v) is 5.34. The number of rotatable bonds is 22. The molecule has 232 valence electrons. The Morgan fingerprint density at radius 3 is 1.22 bits per heavy atom. The van der Waals surface area contributed by atoms with Crippen molar-refractivity contribution in [1.82, 2.24) is 0 Å². The van der Waals surface area contributed by atoms with Gasteiger partial charge in [0.15, 0.2) is 0 Å². The molecule has 2 nitrogen and oxygen atoms in total. The van der Waals surface area contributed by atoms with Crippen LogP contribution in [-0.2, 0) is 46.1 Å². The van der Waals surface area contributed by atoms with Crippen LogP contribution in [0.4, 0.5) is 11.4 Å². The van der Waals surface area contributed by atoms with Gasteiger partial charge < -0.3 is 0 Å². The first kappa shape index (κ1) is 37.5. The van der Waals surface area contributed by atoms with Gasteiger partial charge in [-0.15, -0.1) is 0 Å². The molecule has 0 N–H and O–H groups in total. The van der Waals surface area contributed by atoms with E-state index in [1.807, 2.05) is 0 Å². The molecule has 2 aromatic rings. The van der Waals surface area contributed by atoms with E-state index in [2.05, 4.69) is 77.2 Å². The van der Waals surface area contributed by atoms with Gasteiger partial charge in [-0.05, 0) is 111 Å². The zero-order valence-electron chi connectivity index (χ0n) is 27.2. The fraction of sp³-hybridized carbons (Fsp3) is 0.632.